The minimum absolute atomic E-state index is 0.265. The Morgan fingerprint density at radius 1 is 1.19 bits per heavy atom. The van der Waals surface area contributed by atoms with Gasteiger partial charge in [0.25, 0.3) is 0 Å². The van der Waals surface area contributed by atoms with E-state index in [4.69, 9.17) is 19.9 Å². The summed E-state index contributed by atoms with van der Waals surface area (Å²) < 4.78 is 18.8. The molecular weight excluding hydrogens is 364 g/mol. The Kier molecular flexibility index (Phi) is 9.92. The van der Waals surface area contributed by atoms with E-state index in [1.807, 2.05) is 0 Å². The maximum Gasteiger partial charge on any atom is 0.370 e. The first-order valence-electron chi connectivity index (χ1n) is 8.44. The number of esters is 2. The zero-order valence-corrected chi connectivity index (χ0v) is 16.3. The van der Waals surface area contributed by atoms with Crippen molar-refractivity contribution < 1.29 is 33.3 Å². The van der Waals surface area contributed by atoms with Crippen LogP contribution < -0.4 is 5.73 Å². The highest BCUT2D eigenvalue weighted by atomic mass is 32.2. The molecule has 1 fully saturated rings. The maximum atomic E-state index is 12.1. The predicted octanol–water partition coefficient (Wildman–Crippen LogP) is 0.748. The first kappa shape index (κ1) is 22.7. The molecule has 1 rings (SSSR count). The third kappa shape index (κ3) is 8.84. The lowest BCUT2D eigenvalue weighted by molar-refractivity contribution is -0.148. The zero-order chi connectivity index (χ0) is 19.6. The topological polar surface area (TPSA) is 117 Å². The highest BCUT2D eigenvalue weighted by Crippen LogP contribution is 2.29. The van der Waals surface area contributed by atoms with Crippen molar-refractivity contribution in [2.45, 2.75) is 38.0 Å². The number of hydrogen-bond acceptors (Lipinski definition) is 10. The second kappa shape index (κ2) is 11.4. The molecule has 1 aliphatic heterocycles. The first-order chi connectivity index (χ1) is 12.2. The molecule has 9 nitrogen and oxygen atoms in total. The Morgan fingerprint density at radius 2 is 1.85 bits per heavy atom. The maximum absolute atomic E-state index is 12.1. The molecule has 10 heteroatoms. The molecule has 0 amide bonds. The van der Waals surface area contributed by atoms with E-state index in [1.54, 1.807) is 13.8 Å². The van der Waals surface area contributed by atoms with Gasteiger partial charge in [0.1, 0.15) is 6.04 Å². The highest BCUT2D eigenvalue weighted by Gasteiger charge is 2.37. The molecule has 1 atom stereocenters. The summed E-state index contributed by atoms with van der Waals surface area (Å²) in [4.78, 5) is 36.7. The molecule has 0 saturated carbocycles. The summed E-state index contributed by atoms with van der Waals surface area (Å²) in [6.45, 7) is 8.32. The van der Waals surface area contributed by atoms with Gasteiger partial charge in [-0.1, -0.05) is 0 Å². The lowest BCUT2D eigenvalue weighted by Crippen LogP contribution is -2.48. The predicted molar refractivity (Wildman–Crippen MR) is 95.6 cm³/mol. The Morgan fingerprint density at radius 3 is 2.46 bits per heavy atom. The van der Waals surface area contributed by atoms with E-state index in [-0.39, 0.29) is 6.61 Å². The lowest BCUT2D eigenvalue weighted by atomic mass is 10.0. The molecule has 0 aromatic carbocycles. The Balaban J connectivity index is 2.27. The number of morpholine rings is 1. The summed E-state index contributed by atoms with van der Waals surface area (Å²) in [5.41, 5.74) is 5.93. The number of hydrogen-bond donors (Lipinski definition) is 1. The minimum atomic E-state index is -1.00. The second-order valence-electron chi connectivity index (χ2n) is 6.31. The number of carbonyl (C=O) groups is 3. The van der Waals surface area contributed by atoms with Crippen LogP contribution in [0.4, 0.5) is 4.79 Å². The van der Waals surface area contributed by atoms with Gasteiger partial charge in [-0.3, -0.25) is 14.5 Å². The van der Waals surface area contributed by atoms with Crippen molar-refractivity contribution in [3.05, 3.63) is 0 Å². The van der Waals surface area contributed by atoms with Gasteiger partial charge >= 0.3 is 17.2 Å². The average Bonchev–Trinajstić information content (AvgIpc) is 2.58. The molecular formula is C16H28N2O7S. The van der Waals surface area contributed by atoms with Gasteiger partial charge in [-0.2, -0.15) is 0 Å². The normalized spacial score (nSPS) is 16.6. The van der Waals surface area contributed by atoms with Gasteiger partial charge < -0.3 is 24.7 Å². The van der Waals surface area contributed by atoms with Gasteiger partial charge in [-0.25, -0.2) is 4.79 Å². The summed E-state index contributed by atoms with van der Waals surface area (Å²) in [5, 5.41) is -0.688. The fourth-order valence-electron chi connectivity index (χ4n) is 2.13. The fourth-order valence-corrected chi connectivity index (χ4v) is 2.89. The number of rotatable bonds is 9. The third-order valence-electron chi connectivity index (χ3n) is 3.75. The van der Waals surface area contributed by atoms with Crippen LogP contribution in [0.25, 0.3) is 0 Å². The highest BCUT2D eigenvalue weighted by molar-refractivity contribution is 8.14. The van der Waals surface area contributed by atoms with E-state index >= 15 is 0 Å². The Labute approximate surface area is 157 Å². The van der Waals surface area contributed by atoms with Crippen molar-refractivity contribution >= 4 is 29.0 Å². The number of nitrogens with zero attached hydrogens (tertiary/aromatic N) is 1. The van der Waals surface area contributed by atoms with E-state index in [0.717, 1.165) is 44.6 Å². The van der Waals surface area contributed by atoms with Crippen LogP contribution in [0.5, 0.6) is 0 Å². The summed E-state index contributed by atoms with van der Waals surface area (Å²) in [7, 11) is 0. The first-order valence-corrected chi connectivity index (χ1v) is 9.25. The Hall–Kier alpha value is -1.36. The molecule has 150 valence electrons. The van der Waals surface area contributed by atoms with Crippen molar-refractivity contribution in [2.75, 3.05) is 46.2 Å². The van der Waals surface area contributed by atoms with Gasteiger partial charge in [0.15, 0.2) is 0 Å². The van der Waals surface area contributed by atoms with Gasteiger partial charge in [0.2, 0.25) is 6.79 Å². The van der Waals surface area contributed by atoms with Gasteiger partial charge in [0.05, 0.1) is 19.8 Å². The van der Waals surface area contributed by atoms with Crippen LogP contribution in [0.2, 0.25) is 0 Å². The number of ether oxygens (including phenoxy) is 4. The van der Waals surface area contributed by atoms with Crippen LogP contribution in [0, 0.1) is 0 Å². The quantitative estimate of drug-likeness (QED) is 0.342. The van der Waals surface area contributed by atoms with Crippen molar-refractivity contribution in [2.24, 2.45) is 5.73 Å². The molecule has 0 aromatic rings. The molecule has 0 aliphatic carbocycles. The number of thioether (sulfide) groups is 1. The van der Waals surface area contributed by atoms with Crippen LogP contribution in [0.15, 0.2) is 0 Å². The lowest BCUT2D eigenvalue weighted by Gasteiger charge is -2.28. The van der Waals surface area contributed by atoms with Crippen LogP contribution in [0.1, 0.15) is 27.2 Å². The summed E-state index contributed by atoms with van der Waals surface area (Å²) in [5.74, 6) is -1.13. The smallest absolute Gasteiger partial charge is 0.370 e. The largest absolute Gasteiger partial charge is 0.464 e. The molecule has 0 aromatic heterocycles. The van der Waals surface area contributed by atoms with Crippen molar-refractivity contribution in [1.29, 1.82) is 0 Å². The van der Waals surface area contributed by atoms with Gasteiger partial charge in [0, 0.05) is 31.3 Å². The van der Waals surface area contributed by atoms with E-state index in [1.165, 1.54) is 6.92 Å². The number of nitrogens with two attached hydrogens (primary N) is 1. The van der Waals surface area contributed by atoms with E-state index in [9.17, 15) is 14.4 Å². The monoisotopic (exact) mass is 392 g/mol. The van der Waals surface area contributed by atoms with Crippen LogP contribution in [-0.2, 0) is 28.5 Å². The third-order valence-corrected chi connectivity index (χ3v) is 4.82. The Bertz CT molecular complexity index is 481. The van der Waals surface area contributed by atoms with Crippen LogP contribution in [-0.4, -0.2) is 79.2 Å². The van der Waals surface area contributed by atoms with Gasteiger partial charge in [-0.15, -0.1) is 0 Å². The molecule has 1 heterocycles. The molecule has 0 radical (unpaired) electrons. The molecule has 2 N–H and O–H groups in total. The summed E-state index contributed by atoms with van der Waals surface area (Å²) in [6, 6.07) is -1.00. The van der Waals surface area contributed by atoms with E-state index < -0.39 is 34.8 Å². The molecule has 26 heavy (non-hydrogen) atoms. The molecule has 1 saturated heterocycles. The summed E-state index contributed by atoms with van der Waals surface area (Å²) in [6.07, 6.45) is 0.705. The van der Waals surface area contributed by atoms with Crippen LogP contribution >= 0.6 is 11.8 Å². The van der Waals surface area contributed by atoms with Crippen molar-refractivity contribution in [1.82, 2.24) is 4.90 Å². The fraction of sp³-hybridized carbons (Fsp3) is 0.812. The summed E-state index contributed by atoms with van der Waals surface area (Å²) >= 11 is 0.752. The number of carbonyl (C=O) groups excluding carboxylic acids is 3. The van der Waals surface area contributed by atoms with E-state index in [2.05, 4.69) is 9.64 Å². The van der Waals surface area contributed by atoms with E-state index in [0.29, 0.717) is 6.42 Å². The standard InChI is InChI=1S/C16H28N2O7S/c1-12(19)24-11-25-15(21)26-16(2,3)13(17)14(20)23-8-4-5-18-6-9-22-10-7-18/h13H,4-11,17H2,1-3H3/t13-/m0/s1. The molecule has 0 unspecified atom stereocenters. The average molecular weight is 392 g/mol. The molecule has 0 bridgehead atoms. The minimum Gasteiger partial charge on any atom is -0.464 e. The van der Waals surface area contributed by atoms with Crippen LogP contribution in [0.3, 0.4) is 0 Å². The zero-order valence-electron chi connectivity index (χ0n) is 15.5. The second-order valence-corrected chi connectivity index (χ2v) is 7.90. The molecule has 1 aliphatic rings. The molecule has 0 spiro atoms. The van der Waals surface area contributed by atoms with Crippen molar-refractivity contribution in [3.8, 4) is 0 Å². The van der Waals surface area contributed by atoms with Gasteiger partial charge in [-0.05, 0) is 32.0 Å². The van der Waals surface area contributed by atoms with Crippen molar-refractivity contribution in [3.63, 3.8) is 0 Å². The SMILES string of the molecule is CC(=O)OCOC(=O)SC(C)(C)[C@@H](N)C(=O)OCCCN1CCOCC1.